The van der Waals surface area contributed by atoms with Crippen LogP contribution in [0.1, 0.15) is 54.4 Å². The molecule has 0 amide bonds. The van der Waals surface area contributed by atoms with Crippen molar-refractivity contribution in [3.05, 3.63) is 11.1 Å². The van der Waals surface area contributed by atoms with Gasteiger partial charge in [0.25, 0.3) is 0 Å². The van der Waals surface area contributed by atoms with Crippen LogP contribution in [0.25, 0.3) is 0 Å². The molecule has 2 saturated carbocycles. The Hall–Kier alpha value is -0.990. The van der Waals surface area contributed by atoms with Crippen LogP contribution in [0.15, 0.2) is 11.1 Å². The molecule has 0 aromatic rings. The zero-order valence-electron chi connectivity index (χ0n) is 19.1. The number of esters is 1. The molecule has 2 spiro atoms. The van der Waals surface area contributed by atoms with Crippen molar-refractivity contribution >= 4 is 5.97 Å². The lowest BCUT2D eigenvalue weighted by molar-refractivity contribution is -0.171. The zero-order chi connectivity index (χ0) is 21.9. The summed E-state index contributed by atoms with van der Waals surface area (Å²) in [6.45, 7) is 13.1. The lowest BCUT2D eigenvalue weighted by Crippen LogP contribution is -2.71. The minimum atomic E-state index is -0.836. The molecule has 170 valence electrons. The number of ether oxygens (including phenoxy) is 5. The number of fused-ring (bicyclic) bond motifs is 4. The Morgan fingerprint density at radius 3 is 2.58 bits per heavy atom. The van der Waals surface area contributed by atoms with Crippen molar-refractivity contribution in [2.75, 3.05) is 6.61 Å². The number of cyclic esters (lactones) is 1. The molecule has 3 aliphatic carbocycles. The Morgan fingerprint density at radius 2 is 1.90 bits per heavy atom. The number of carbonyl (C=O) groups is 1. The van der Waals surface area contributed by atoms with Crippen LogP contribution in [0.5, 0.6) is 0 Å². The van der Waals surface area contributed by atoms with Crippen LogP contribution < -0.4 is 0 Å². The maximum absolute atomic E-state index is 12.3. The van der Waals surface area contributed by atoms with E-state index in [-0.39, 0.29) is 59.8 Å². The standard InChI is InChI=1S/C24H32O7/c1-10(2)22-16(29-22)17-24(30-17)21(6)8-13(25)15-11(9-27-18(15)26)12(21)7-14-23(24,28-14)19(22)31-20(3,4)5/h10,12-14,16-17,19,25H,7-9H2,1-6H3/t12-,13?,14-,16-,17-,19+,21-,22-,23+,24+/m0/s1. The first-order chi connectivity index (χ1) is 14.4. The maximum atomic E-state index is 12.3. The molecule has 10 atom stereocenters. The monoisotopic (exact) mass is 432 g/mol. The third kappa shape index (κ3) is 1.85. The molecule has 0 aromatic heterocycles. The molecule has 0 radical (unpaired) electrons. The number of hydrogen-bond acceptors (Lipinski definition) is 7. The van der Waals surface area contributed by atoms with E-state index in [1.165, 1.54) is 0 Å². The molecule has 0 aromatic carbocycles. The van der Waals surface area contributed by atoms with Gasteiger partial charge in [-0.05, 0) is 51.0 Å². The van der Waals surface area contributed by atoms with Gasteiger partial charge in [-0.25, -0.2) is 4.79 Å². The lowest BCUT2D eigenvalue weighted by Gasteiger charge is -2.55. The highest BCUT2D eigenvalue weighted by atomic mass is 16.8. The van der Waals surface area contributed by atoms with E-state index in [4.69, 9.17) is 23.7 Å². The summed E-state index contributed by atoms with van der Waals surface area (Å²) in [4.78, 5) is 12.3. The predicted octanol–water partition coefficient (Wildman–Crippen LogP) is 1.90. The molecule has 3 saturated heterocycles. The molecule has 7 aliphatic rings. The summed E-state index contributed by atoms with van der Waals surface area (Å²) in [5.74, 6) is -0.0155. The summed E-state index contributed by atoms with van der Waals surface area (Å²) in [6.07, 6.45) is 0.0727. The predicted molar refractivity (Wildman–Crippen MR) is 107 cm³/mol. The van der Waals surface area contributed by atoms with Crippen molar-refractivity contribution in [2.45, 2.75) is 107 Å². The van der Waals surface area contributed by atoms with Crippen molar-refractivity contribution in [3.8, 4) is 0 Å². The van der Waals surface area contributed by atoms with E-state index >= 15 is 0 Å². The fourth-order valence-corrected chi connectivity index (χ4v) is 8.29. The minimum absolute atomic E-state index is 0.0107. The molecular formula is C24H32O7. The molecule has 5 fully saturated rings. The third-order valence-electron chi connectivity index (χ3n) is 9.52. The van der Waals surface area contributed by atoms with Crippen molar-refractivity contribution in [2.24, 2.45) is 17.3 Å². The van der Waals surface area contributed by atoms with Crippen molar-refractivity contribution in [3.63, 3.8) is 0 Å². The van der Waals surface area contributed by atoms with Crippen molar-refractivity contribution in [1.29, 1.82) is 0 Å². The molecule has 7 nitrogen and oxygen atoms in total. The van der Waals surface area contributed by atoms with E-state index in [2.05, 4.69) is 41.5 Å². The molecule has 1 unspecified atom stereocenters. The molecule has 31 heavy (non-hydrogen) atoms. The second-order valence-corrected chi connectivity index (χ2v) is 12.3. The summed E-state index contributed by atoms with van der Waals surface area (Å²) in [5.41, 5.74) is -0.872. The molecule has 0 bridgehead atoms. The zero-order valence-corrected chi connectivity index (χ0v) is 19.1. The fourth-order valence-electron chi connectivity index (χ4n) is 8.29. The van der Waals surface area contributed by atoms with Gasteiger partial charge in [0.2, 0.25) is 0 Å². The van der Waals surface area contributed by atoms with E-state index in [0.717, 1.165) is 12.0 Å². The van der Waals surface area contributed by atoms with E-state index < -0.39 is 22.9 Å². The Morgan fingerprint density at radius 1 is 1.16 bits per heavy atom. The topological polar surface area (TPSA) is 93.4 Å². The molecule has 7 heteroatoms. The maximum Gasteiger partial charge on any atom is 0.337 e. The van der Waals surface area contributed by atoms with Gasteiger partial charge in [0.05, 0.1) is 23.4 Å². The largest absolute Gasteiger partial charge is 0.458 e. The number of rotatable bonds is 2. The van der Waals surface area contributed by atoms with E-state index in [0.29, 0.717) is 12.0 Å². The van der Waals surface area contributed by atoms with Gasteiger partial charge in [-0.15, -0.1) is 0 Å². The number of aliphatic hydroxyl groups is 1. The molecule has 4 aliphatic heterocycles. The quantitative estimate of drug-likeness (QED) is 0.526. The van der Waals surface area contributed by atoms with Crippen LogP contribution in [-0.2, 0) is 28.5 Å². The molecular weight excluding hydrogens is 400 g/mol. The number of epoxide rings is 3. The highest BCUT2D eigenvalue weighted by Crippen LogP contribution is 2.83. The fraction of sp³-hybridized carbons (Fsp3) is 0.875. The van der Waals surface area contributed by atoms with Crippen LogP contribution >= 0.6 is 0 Å². The second kappa shape index (κ2) is 5.07. The molecule has 1 N–H and O–H groups in total. The van der Waals surface area contributed by atoms with Crippen molar-refractivity contribution in [1.82, 2.24) is 0 Å². The average Bonchev–Trinajstić information content (AvgIpc) is 3.53. The molecule has 4 heterocycles. The summed E-state index contributed by atoms with van der Waals surface area (Å²) in [7, 11) is 0. The van der Waals surface area contributed by atoms with Gasteiger partial charge in [-0.1, -0.05) is 20.8 Å². The highest BCUT2D eigenvalue weighted by molar-refractivity contribution is 5.93. The smallest absolute Gasteiger partial charge is 0.337 e. The van der Waals surface area contributed by atoms with Gasteiger partial charge in [0.1, 0.15) is 36.1 Å². The normalized spacial score (nSPS) is 57.9. The van der Waals surface area contributed by atoms with E-state index in [1.807, 2.05) is 0 Å². The van der Waals surface area contributed by atoms with E-state index in [1.54, 1.807) is 0 Å². The van der Waals surface area contributed by atoms with Gasteiger partial charge >= 0.3 is 5.97 Å². The van der Waals surface area contributed by atoms with Crippen LogP contribution in [0.3, 0.4) is 0 Å². The number of aliphatic hydroxyl groups excluding tert-OH is 1. The second-order valence-electron chi connectivity index (χ2n) is 12.3. The van der Waals surface area contributed by atoms with Gasteiger partial charge in [0, 0.05) is 5.41 Å². The van der Waals surface area contributed by atoms with Crippen molar-refractivity contribution < 1.29 is 33.6 Å². The van der Waals surface area contributed by atoms with E-state index in [9.17, 15) is 9.90 Å². The highest BCUT2D eigenvalue weighted by Gasteiger charge is 3.01. The average molecular weight is 433 g/mol. The Kier molecular flexibility index (Phi) is 3.18. The Labute approximate surface area is 182 Å². The van der Waals surface area contributed by atoms with Gasteiger partial charge in [-0.2, -0.15) is 0 Å². The van der Waals surface area contributed by atoms with Crippen LogP contribution in [0.4, 0.5) is 0 Å². The van der Waals surface area contributed by atoms with Crippen LogP contribution in [-0.4, -0.2) is 70.6 Å². The van der Waals surface area contributed by atoms with Gasteiger partial charge in [-0.3, -0.25) is 0 Å². The Balaban J connectivity index is 1.39. The van der Waals surface area contributed by atoms with Crippen LogP contribution in [0.2, 0.25) is 0 Å². The van der Waals surface area contributed by atoms with Crippen LogP contribution in [0, 0.1) is 17.3 Å². The summed E-state index contributed by atoms with van der Waals surface area (Å²) in [6, 6.07) is 0. The number of hydrogen-bond donors (Lipinski definition) is 1. The first-order valence-corrected chi connectivity index (χ1v) is 11.7. The lowest BCUT2D eigenvalue weighted by atomic mass is 9.46. The Bertz CT molecular complexity index is 950. The molecule has 7 rings (SSSR count). The van der Waals surface area contributed by atoms with Gasteiger partial charge in [0.15, 0.2) is 5.60 Å². The third-order valence-corrected chi connectivity index (χ3v) is 9.52. The summed E-state index contributed by atoms with van der Waals surface area (Å²) < 4.78 is 32.0. The minimum Gasteiger partial charge on any atom is -0.458 e. The number of carbonyl (C=O) groups excluding carboxylic acids is 1. The summed E-state index contributed by atoms with van der Waals surface area (Å²) in [5, 5.41) is 11.0. The van der Waals surface area contributed by atoms with Gasteiger partial charge < -0.3 is 28.8 Å². The first-order valence-electron chi connectivity index (χ1n) is 11.7. The summed E-state index contributed by atoms with van der Waals surface area (Å²) >= 11 is 0. The SMILES string of the molecule is CC(C)[C@]12O[C@H]1[C@@H]1O[C@]13[C@]1(O[C@H]1C[C@H]1C4=C(C(=O)OC4)C(O)C[C@@]13C)[C@@H]2OC(C)(C)C. The first kappa shape index (κ1) is 19.5.